The van der Waals surface area contributed by atoms with Crippen LogP contribution in [-0.2, 0) is 0 Å². The van der Waals surface area contributed by atoms with Crippen LogP contribution in [0.15, 0.2) is 76.2 Å². The van der Waals surface area contributed by atoms with Gasteiger partial charge < -0.3 is 9.52 Å². The number of non-ortho nitro benzene ring substituents is 1. The number of rotatable bonds is 5. The second kappa shape index (κ2) is 8.11. The van der Waals surface area contributed by atoms with Crippen LogP contribution in [-0.4, -0.2) is 22.2 Å². The van der Waals surface area contributed by atoms with Gasteiger partial charge in [-0.3, -0.25) is 14.9 Å². The van der Waals surface area contributed by atoms with Crippen molar-refractivity contribution in [1.29, 1.82) is 0 Å². The zero-order valence-electron chi connectivity index (χ0n) is 16.4. The van der Waals surface area contributed by atoms with E-state index >= 15 is 0 Å². The van der Waals surface area contributed by atoms with E-state index in [0.717, 1.165) is 16.3 Å². The SMILES string of the molecule is Cc1ccc([N+](=O)[O-])cc1-c1ccc(C=NNC(=O)c2cc3ccccc3cc2O)o1. The molecule has 4 aromatic rings. The maximum Gasteiger partial charge on any atom is 0.275 e. The van der Waals surface area contributed by atoms with Crippen LogP contribution in [0.2, 0.25) is 0 Å². The maximum absolute atomic E-state index is 12.4. The van der Waals surface area contributed by atoms with Crippen molar-refractivity contribution in [3.8, 4) is 17.1 Å². The summed E-state index contributed by atoms with van der Waals surface area (Å²) >= 11 is 0. The molecule has 31 heavy (non-hydrogen) atoms. The number of amides is 1. The molecule has 8 nitrogen and oxygen atoms in total. The van der Waals surface area contributed by atoms with Gasteiger partial charge in [0.05, 0.1) is 16.7 Å². The fraction of sp³-hybridized carbons (Fsp3) is 0.0435. The van der Waals surface area contributed by atoms with Crippen LogP contribution in [0.1, 0.15) is 21.7 Å². The molecule has 0 bridgehead atoms. The zero-order valence-corrected chi connectivity index (χ0v) is 16.4. The van der Waals surface area contributed by atoms with Gasteiger partial charge in [-0.2, -0.15) is 5.10 Å². The smallest absolute Gasteiger partial charge is 0.275 e. The third-order valence-corrected chi connectivity index (χ3v) is 4.79. The number of nitro groups is 1. The molecule has 0 aliphatic rings. The predicted octanol–water partition coefficient (Wildman–Crippen LogP) is 4.79. The summed E-state index contributed by atoms with van der Waals surface area (Å²) < 4.78 is 5.68. The lowest BCUT2D eigenvalue weighted by atomic mass is 10.1. The standard InChI is InChI=1S/C23H17N3O5/c1-14-6-7-17(26(29)30)12-19(14)22-9-8-18(31-22)13-24-25-23(28)20-10-15-4-2-3-5-16(15)11-21(20)27/h2-13,27H,1H3,(H,25,28). The van der Waals surface area contributed by atoms with Crippen LogP contribution in [0.4, 0.5) is 5.69 Å². The number of hydrogen-bond acceptors (Lipinski definition) is 6. The summed E-state index contributed by atoms with van der Waals surface area (Å²) in [7, 11) is 0. The highest BCUT2D eigenvalue weighted by molar-refractivity contribution is 6.01. The van der Waals surface area contributed by atoms with Gasteiger partial charge in [0.1, 0.15) is 17.3 Å². The predicted molar refractivity (Wildman–Crippen MR) is 116 cm³/mol. The molecule has 154 valence electrons. The molecule has 0 spiro atoms. The van der Waals surface area contributed by atoms with Crippen molar-refractivity contribution in [3.05, 3.63) is 93.7 Å². The third-order valence-electron chi connectivity index (χ3n) is 4.79. The number of benzene rings is 3. The average Bonchev–Trinajstić information content (AvgIpc) is 3.22. The molecule has 0 atom stereocenters. The lowest BCUT2D eigenvalue weighted by molar-refractivity contribution is -0.384. The topological polar surface area (TPSA) is 118 Å². The number of nitrogens with zero attached hydrogens (tertiary/aromatic N) is 2. The summed E-state index contributed by atoms with van der Waals surface area (Å²) in [6.07, 6.45) is 1.31. The van der Waals surface area contributed by atoms with Gasteiger partial charge in [0.15, 0.2) is 0 Å². The average molecular weight is 415 g/mol. The van der Waals surface area contributed by atoms with E-state index in [1.807, 2.05) is 31.2 Å². The number of aromatic hydroxyl groups is 1. The van der Waals surface area contributed by atoms with Crippen LogP contribution in [0.25, 0.3) is 22.1 Å². The van der Waals surface area contributed by atoms with Crippen molar-refractivity contribution in [3.63, 3.8) is 0 Å². The molecular formula is C23H17N3O5. The summed E-state index contributed by atoms with van der Waals surface area (Å²) in [6.45, 7) is 1.83. The van der Waals surface area contributed by atoms with Gasteiger partial charge in [-0.1, -0.05) is 30.3 Å². The van der Waals surface area contributed by atoms with Crippen LogP contribution in [0.3, 0.4) is 0 Å². The summed E-state index contributed by atoms with van der Waals surface area (Å²) in [5, 5.41) is 26.7. The molecule has 8 heteroatoms. The van der Waals surface area contributed by atoms with Gasteiger partial charge in [-0.15, -0.1) is 0 Å². The second-order valence-electron chi connectivity index (χ2n) is 6.87. The Morgan fingerprint density at radius 3 is 2.58 bits per heavy atom. The van der Waals surface area contributed by atoms with Gasteiger partial charge in [0.25, 0.3) is 11.6 Å². The number of fused-ring (bicyclic) bond motifs is 1. The van der Waals surface area contributed by atoms with Gasteiger partial charge in [0.2, 0.25) is 0 Å². The normalized spacial score (nSPS) is 11.1. The van der Waals surface area contributed by atoms with Crippen LogP contribution < -0.4 is 5.43 Å². The lowest BCUT2D eigenvalue weighted by Crippen LogP contribution is -2.17. The summed E-state index contributed by atoms with van der Waals surface area (Å²) in [5.41, 5.74) is 3.85. The molecule has 4 rings (SSSR count). The van der Waals surface area contributed by atoms with Crippen LogP contribution >= 0.6 is 0 Å². The highest BCUT2D eigenvalue weighted by atomic mass is 16.6. The monoisotopic (exact) mass is 415 g/mol. The number of carbonyl (C=O) groups is 1. The second-order valence-corrected chi connectivity index (χ2v) is 6.87. The van der Waals surface area contributed by atoms with Crippen molar-refractivity contribution in [2.75, 3.05) is 0 Å². The number of aryl methyl sites for hydroxylation is 1. The van der Waals surface area contributed by atoms with Crippen LogP contribution in [0.5, 0.6) is 5.75 Å². The Bertz CT molecular complexity index is 1340. The van der Waals surface area contributed by atoms with Crippen molar-refractivity contribution in [1.82, 2.24) is 5.43 Å². The molecule has 0 aliphatic heterocycles. The van der Waals surface area contributed by atoms with E-state index < -0.39 is 10.8 Å². The highest BCUT2D eigenvalue weighted by Crippen LogP contribution is 2.29. The Kier molecular flexibility index (Phi) is 5.19. The number of nitrogens with one attached hydrogen (secondary N) is 1. The Hall–Kier alpha value is -4.46. The zero-order chi connectivity index (χ0) is 22.0. The number of furan rings is 1. The van der Waals surface area contributed by atoms with E-state index in [4.69, 9.17) is 4.42 Å². The molecule has 1 aromatic heterocycles. The first-order chi connectivity index (χ1) is 14.9. The molecule has 1 heterocycles. The Balaban J connectivity index is 1.50. The Morgan fingerprint density at radius 1 is 1.10 bits per heavy atom. The van der Waals surface area contributed by atoms with Gasteiger partial charge in [-0.25, -0.2) is 5.43 Å². The summed E-state index contributed by atoms with van der Waals surface area (Å²) in [4.78, 5) is 22.9. The minimum absolute atomic E-state index is 0.0327. The van der Waals surface area contributed by atoms with E-state index in [-0.39, 0.29) is 17.0 Å². The number of nitro benzene ring substituents is 1. The molecule has 0 fully saturated rings. The van der Waals surface area contributed by atoms with Crippen molar-refractivity contribution in [2.45, 2.75) is 6.92 Å². The van der Waals surface area contributed by atoms with Crippen LogP contribution in [0, 0.1) is 17.0 Å². The third kappa shape index (κ3) is 4.13. The fourth-order valence-electron chi connectivity index (χ4n) is 3.18. The van der Waals surface area contributed by atoms with Gasteiger partial charge >= 0.3 is 0 Å². The van der Waals surface area contributed by atoms with Crippen molar-refractivity contribution < 1.29 is 19.2 Å². The summed E-state index contributed by atoms with van der Waals surface area (Å²) in [6, 6.07) is 18.3. The van der Waals surface area contributed by atoms with Crippen molar-refractivity contribution >= 4 is 28.6 Å². The fourth-order valence-corrected chi connectivity index (χ4v) is 3.18. The highest BCUT2D eigenvalue weighted by Gasteiger charge is 2.14. The number of carbonyl (C=O) groups excluding carboxylic acids is 1. The molecule has 0 saturated carbocycles. The maximum atomic E-state index is 12.4. The van der Waals surface area contributed by atoms with Gasteiger partial charge in [-0.05, 0) is 47.5 Å². The van der Waals surface area contributed by atoms with E-state index in [1.165, 1.54) is 24.4 Å². The van der Waals surface area contributed by atoms with Gasteiger partial charge in [0, 0.05) is 17.7 Å². The van der Waals surface area contributed by atoms with E-state index in [1.54, 1.807) is 24.3 Å². The lowest BCUT2D eigenvalue weighted by Gasteiger charge is -2.05. The molecule has 2 N–H and O–H groups in total. The number of phenolic OH excluding ortho intramolecular Hbond substituents is 1. The molecule has 3 aromatic carbocycles. The summed E-state index contributed by atoms with van der Waals surface area (Å²) in [5.74, 6) is 0.0822. The molecular weight excluding hydrogens is 398 g/mol. The first-order valence-electron chi connectivity index (χ1n) is 9.33. The molecule has 1 amide bonds. The molecule has 0 aliphatic carbocycles. The molecule has 0 saturated heterocycles. The van der Waals surface area contributed by atoms with Crippen molar-refractivity contribution in [2.24, 2.45) is 5.10 Å². The van der Waals surface area contributed by atoms with E-state index in [0.29, 0.717) is 17.1 Å². The quantitative estimate of drug-likeness (QED) is 0.276. The van der Waals surface area contributed by atoms with E-state index in [2.05, 4.69) is 10.5 Å². The number of hydrogen-bond donors (Lipinski definition) is 2. The molecule has 0 unspecified atom stereocenters. The first-order valence-corrected chi connectivity index (χ1v) is 9.33. The minimum atomic E-state index is -0.569. The Morgan fingerprint density at radius 2 is 1.84 bits per heavy atom. The van der Waals surface area contributed by atoms with E-state index in [9.17, 15) is 20.0 Å². The largest absolute Gasteiger partial charge is 0.507 e. The first kappa shape index (κ1) is 19.8. The number of hydrazone groups is 1. The Labute approximate surface area is 176 Å². The minimum Gasteiger partial charge on any atom is -0.507 e. The molecule has 0 radical (unpaired) electrons. The number of phenols is 1.